The first kappa shape index (κ1) is 14.9. The van der Waals surface area contributed by atoms with Crippen LogP contribution in [-0.4, -0.2) is 38.2 Å². The molecule has 0 aromatic heterocycles. The van der Waals surface area contributed by atoms with Crippen LogP contribution in [0.1, 0.15) is 19.4 Å². The molecule has 0 saturated heterocycles. The number of hydrogen-bond donors (Lipinski definition) is 1. The maximum Gasteiger partial charge on any atom is 0.131 e. The second kappa shape index (κ2) is 7.34. The molecular formula is C14H23FN2O. The number of halogens is 1. The fourth-order valence-electron chi connectivity index (χ4n) is 1.70. The second-order valence-electron chi connectivity index (χ2n) is 4.80. The molecule has 0 saturated carbocycles. The van der Waals surface area contributed by atoms with E-state index in [0.717, 1.165) is 13.1 Å². The fraction of sp³-hybridized carbons (Fsp3) is 0.571. The molecule has 4 heteroatoms. The van der Waals surface area contributed by atoms with Gasteiger partial charge in [0.1, 0.15) is 11.6 Å². The lowest BCUT2D eigenvalue weighted by molar-refractivity contribution is 0.314. The van der Waals surface area contributed by atoms with Gasteiger partial charge < -0.3 is 15.0 Å². The van der Waals surface area contributed by atoms with Crippen LogP contribution >= 0.6 is 0 Å². The van der Waals surface area contributed by atoms with E-state index in [9.17, 15) is 4.39 Å². The summed E-state index contributed by atoms with van der Waals surface area (Å²) in [7, 11) is 3.53. The van der Waals surface area contributed by atoms with Gasteiger partial charge in [-0.3, -0.25) is 0 Å². The molecule has 3 nitrogen and oxygen atoms in total. The van der Waals surface area contributed by atoms with E-state index in [0.29, 0.717) is 23.9 Å². The first-order valence-electron chi connectivity index (χ1n) is 6.27. The van der Waals surface area contributed by atoms with E-state index in [1.807, 2.05) is 7.05 Å². The van der Waals surface area contributed by atoms with Gasteiger partial charge in [0, 0.05) is 37.3 Å². The summed E-state index contributed by atoms with van der Waals surface area (Å²) in [6.07, 6.45) is 0. The third-order valence-corrected chi connectivity index (χ3v) is 2.75. The predicted molar refractivity (Wildman–Crippen MR) is 72.4 cm³/mol. The molecule has 0 heterocycles. The minimum atomic E-state index is -0.210. The van der Waals surface area contributed by atoms with Crippen LogP contribution in [0.5, 0.6) is 5.75 Å². The average molecular weight is 254 g/mol. The molecule has 0 radical (unpaired) electrons. The summed E-state index contributed by atoms with van der Waals surface area (Å²) in [6, 6.07) is 5.48. The van der Waals surface area contributed by atoms with Crippen LogP contribution in [0.15, 0.2) is 18.2 Å². The lowest BCUT2D eigenvalue weighted by atomic mass is 10.2. The van der Waals surface area contributed by atoms with Gasteiger partial charge in [-0.15, -0.1) is 0 Å². The Morgan fingerprint density at radius 1 is 1.39 bits per heavy atom. The van der Waals surface area contributed by atoms with Crippen molar-refractivity contribution in [3.8, 4) is 5.75 Å². The number of hydrogen-bond acceptors (Lipinski definition) is 3. The standard InChI is InChI=1S/C14H23FN2O/c1-11(2)16-7-8-17(3)10-12-5-6-13(18-4)9-14(12)15/h5-6,9,11,16H,7-8,10H2,1-4H3. The van der Waals surface area contributed by atoms with Gasteiger partial charge in [-0.25, -0.2) is 4.39 Å². The Morgan fingerprint density at radius 3 is 2.67 bits per heavy atom. The lowest BCUT2D eigenvalue weighted by Crippen LogP contribution is -2.32. The molecule has 0 unspecified atom stereocenters. The van der Waals surface area contributed by atoms with Crippen molar-refractivity contribution in [1.82, 2.24) is 10.2 Å². The average Bonchev–Trinajstić information content (AvgIpc) is 2.31. The smallest absolute Gasteiger partial charge is 0.131 e. The summed E-state index contributed by atoms with van der Waals surface area (Å²) >= 11 is 0. The summed E-state index contributed by atoms with van der Waals surface area (Å²) in [4.78, 5) is 2.10. The molecular weight excluding hydrogens is 231 g/mol. The first-order chi connectivity index (χ1) is 8.52. The normalized spacial score (nSPS) is 11.3. The number of ether oxygens (including phenoxy) is 1. The van der Waals surface area contributed by atoms with Crippen molar-refractivity contribution in [3.05, 3.63) is 29.6 Å². The zero-order valence-corrected chi connectivity index (χ0v) is 11.7. The largest absolute Gasteiger partial charge is 0.497 e. The highest BCUT2D eigenvalue weighted by atomic mass is 19.1. The first-order valence-corrected chi connectivity index (χ1v) is 6.27. The SMILES string of the molecule is COc1ccc(CN(C)CCNC(C)C)c(F)c1. The molecule has 18 heavy (non-hydrogen) atoms. The quantitative estimate of drug-likeness (QED) is 0.808. The van der Waals surface area contributed by atoms with Crippen molar-refractivity contribution in [2.45, 2.75) is 26.4 Å². The van der Waals surface area contributed by atoms with E-state index in [1.54, 1.807) is 12.1 Å². The molecule has 0 bridgehead atoms. The molecule has 0 atom stereocenters. The van der Waals surface area contributed by atoms with Gasteiger partial charge in [0.2, 0.25) is 0 Å². The molecule has 1 aromatic rings. The van der Waals surface area contributed by atoms with Gasteiger partial charge in [0.05, 0.1) is 7.11 Å². The topological polar surface area (TPSA) is 24.5 Å². The fourth-order valence-corrected chi connectivity index (χ4v) is 1.70. The summed E-state index contributed by atoms with van der Waals surface area (Å²) in [5, 5.41) is 3.34. The second-order valence-corrected chi connectivity index (χ2v) is 4.80. The van der Waals surface area contributed by atoms with Gasteiger partial charge >= 0.3 is 0 Å². The van der Waals surface area contributed by atoms with Gasteiger partial charge in [0.15, 0.2) is 0 Å². The van der Waals surface area contributed by atoms with Crippen LogP contribution in [0, 0.1) is 5.82 Å². The zero-order valence-electron chi connectivity index (χ0n) is 11.7. The van der Waals surface area contributed by atoms with Crippen LogP contribution in [-0.2, 0) is 6.54 Å². The Balaban J connectivity index is 2.46. The van der Waals surface area contributed by atoms with Crippen LogP contribution < -0.4 is 10.1 Å². The minimum Gasteiger partial charge on any atom is -0.497 e. The molecule has 0 aliphatic rings. The van der Waals surface area contributed by atoms with Crippen molar-refractivity contribution in [3.63, 3.8) is 0 Å². The van der Waals surface area contributed by atoms with Crippen molar-refractivity contribution in [2.24, 2.45) is 0 Å². The number of rotatable bonds is 7. The van der Waals surface area contributed by atoms with Crippen LogP contribution in [0.4, 0.5) is 4.39 Å². The number of methoxy groups -OCH3 is 1. The van der Waals surface area contributed by atoms with Crippen molar-refractivity contribution < 1.29 is 9.13 Å². The number of likely N-dealkylation sites (N-methyl/N-ethyl adjacent to an activating group) is 1. The molecule has 0 amide bonds. The lowest BCUT2D eigenvalue weighted by Gasteiger charge is -2.18. The van der Waals surface area contributed by atoms with E-state index < -0.39 is 0 Å². The Hall–Kier alpha value is -1.13. The van der Waals surface area contributed by atoms with Gasteiger partial charge in [-0.1, -0.05) is 19.9 Å². The van der Waals surface area contributed by atoms with Crippen molar-refractivity contribution in [1.29, 1.82) is 0 Å². The van der Waals surface area contributed by atoms with E-state index in [4.69, 9.17) is 4.74 Å². The number of nitrogens with one attached hydrogen (secondary N) is 1. The highest BCUT2D eigenvalue weighted by Gasteiger charge is 2.07. The molecule has 0 aliphatic carbocycles. The zero-order chi connectivity index (χ0) is 13.5. The van der Waals surface area contributed by atoms with Crippen molar-refractivity contribution in [2.75, 3.05) is 27.2 Å². The summed E-state index contributed by atoms with van der Waals surface area (Å²) < 4.78 is 18.7. The third kappa shape index (κ3) is 5.02. The monoisotopic (exact) mass is 254 g/mol. The summed E-state index contributed by atoms with van der Waals surface area (Å²) in [5.74, 6) is 0.346. The molecule has 1 N–H and O–H groups in total. The summed E-state index contributed by atoms with van der Waals surface area (Å²) in [6.45, 7) is 6.64. The molecule has 1 rings (SSSR count). The highest BCUT2D eigenvalue weighted by molar-refractivity contribution is 5.28. The van der Waals surface area contributed by atoms with E-state index in [1.165, 1.54) is 13.2 Å². The van der Waals surface area contributed by atoms with E-state index >= 15 is 0 Å². The predicted octanol–water partition coefficient (Wildman–Crippen LogP) is 2.26. The molecule has 1 aromatic carbocycles. The molecule has 0 aliphatic heterocycles. The Labute approximate surface area is 109 Å². The van der Waals surface area contributed by atoms with Crippen molar-refractivity contribution >= 4 is 0 Å². The highest BCUT2D eigenvalue weighted by Crippen LogP contribution is 2.17. The van der Waals surface area contributed by atoms with Gasteiger partial charge in [0.25, 0.3) is 0 Å². The Morgan fingerprint density at radius 2 is 2.11 bits per heavy atom. The van der Waals surface area contributed by atoms with Gasteiger partial charge in [-0.2, -0.15) is 0 Å². The number of nitrogens with zero attached hydrogens (tertiary/aromatic N) is 1. The van der Waals surface area contributed by atoms with Crippen LogP contribution in [0.3, 0.4) is 0 Å². The molecule has 102 valence electrons. The molecule has 0 spiro atoms. The number of benzene rings is 1. The minimum absolute atomic E-state index is 0.210. The van der Waals surface area contributed by atoms with E-state index in [2.05, 4.69) is 24.1 Å². The van der Waals surface area contributed by atoms with Crippen LogP contribution in [0.2, 0.25) is 0 Å². The summed E-state index contributed by atoms with van der Waals surface area (Å²) in [5.41, 5.74) is 0.697. The van der Waals surface area contributed by atoms with Crippen LogP contribution in [0.25, 0.3) is 0 Å². The Kier molecular flexibility index (Phi) is 6.09. The van der Waals surface area contributed by atoms with E-state index in [-0.39, 0.29) is 5.82 Å². The Bertz CT molecular complexity index is 369. The maximum atomic E-state index is 13.7. The molecule has 0 fully saturated rings. The van der Waals surface area contributed by atoms with Gasteiger partial charge in [-0.05, 0) is 13.1 Å². The third-order valence-electron chi connectivity index (χ3n) is 2.75. The maximum absolute atomic E-state index is 13.7.